The van der Waals surface area contributed by atoms with Crippen LogP contribution < -0.4 is 10.6 Å². The van der Waals surface area contributed by atoms with Gasteiger partial charge in [0.25, 0.3) is 0 Å². The van der Waals surface area contributed by atoms with Crippen LogP contribution in [0.25, 0.3) is 11.1 Å². The summed E-state index contributed by atoms with van der Waals surface area (Å²) in [7, 11) is 0. The van der Waals surface area contributed by atoms with Gasteiger partial charge in [-0.1, -0.05) is 0 Å². The van der Waals surface area contributed by atoms with Gasteiger partial charge in [0.05, 0.1) is 0 Å². The van der Waals surface area contributed by atoms with E-state index in [0.717, 1.165) is 36.2 Å². The molecule has 1 aliphatic rings. The SMILES string of the molecule is Cc1nc2cc(NC(=O)[C@H]3CCN[C@@H](C)C3)ccc2o1. The van der Waals surface area contributed by atoms with Gasteiger partial charge in [-0.15, -0.1) is 0 Å². The lowest BCUT2D eigenvalue weighted by molar-refractivity contribution is -0.120. The standard InChI is InChI=1S/C15H19N3O2/c1-9-7-11(5-6-16-9)15(19)18-12-3-4-14-13(8-12)17-10(2)20-14/h3-4,8-9,11,16H,5-7H2,1-2H3,(H,18,19)/t9-,11-/m0/s1. The van der Waals surface area contributed by atoms with Crippen LogP contribution in [0.15, 0.2) is 22.6 Å². The third kappa shape index (κ3) is 2.67. The molecule has 0 bridgehead atoms. The number of aryl methyl sites for hydroxylation is 1. The average Bonchev–Trinajstić information content (AvgIpc) is 2.78. The van der Waals surface area contributed by atoms with Crippen molar-refractivity contribution < 1.29 is 9.21 Å². The Hall–Kier alpha value is -1.88. The summed E-state index contributed by atoms with van der Waals surface area (Å²) >= 11 is 0. The number of amides is 1. The van der Waals surface area contributed by atoms with Crippen LogP contribution in [0.1, 0.15) is 25.7 Å². The Morgan fingerprint density at radius 3 is 3.15 bits per heavy atom. The number of rotatable bonds is 2. The van der Waals surface area contributed by atoms with Gasteiger partial charge in [0.2, 0.25) is 5.91 Å². The Morgan fingerprint density at radius 1 is 1.50 bits per heavy atom. The summed E-state index contributed by atoms with van der Waals surface area (Å²) in [6, 6.07) is 5.96. The summed E-state index contributed by atoms with van der Waals surface area (Å²) in [6.45, 7) is 4.83. The molecule has 0 spiro atoms. The van der Waals surface area contributed by atoms with E-state index in [1.165, 1.54) is 0 Å². The molecule has 1 aliphatic heterocycles. The minimum atomic E-state index is 0.0843. The summed E-state index contributed by atoms with van der Waals surface area (Å²) in [5.74, 6) is 0.814. The van der Waals surface area contributed by atoms with Crippen molar-refractivity contribution in [2.45, 2.75) is 32.7 Å². The summed E-state index contributed by atoms with van der Waals surface area (Å²) in [5.41, 5.74) is 2.30. The van der Waals surface area contributed by atoms with Crippen molar-refractivity contribution in [2.75, 3.05) is 11.9 Å². The van der Waals surface area contributed by atoms with Crippen LogP contribution in [0.3, 0.4) is 0 Å². The minimum Gasteiger partial charge on any atom is -0.441 e. The number of fused-ring (bicyclic) bond motifs is 1. The maximum Gasteiger partial charge on any atom is 0.227 e. The van der Waals surface area contributed by atoms with Crippen LogP contribution in [0.5, 0.6) is 0 Å². The second kappa shape index (κ2) is 5.25. The molecule has 1 amide bonds. The fourth-order valence-electron chi connectivity index (χ4n) is 2.73. The zero-order valence-electron chi connectivity index (χ0n) is 11.8. The van der Waals surface area contributed by atoms with Gasteiger partial charge >= 0.3 is 0 Å². The maximum atomic E-state index is 12.3. The predicted octanol–water partition coefficient (Wildman–Crippen LogP) is 2.46. The molecule has 0 saturated carbocycles. The van der Waals surface area contributed by atoms with Crippen molar-refractivity contribution in [3.8, 4) is 0 Å². The third-order valence-corrected chi connectivity index (χ3v) is 3.76. The van der Waals surface area contributed by atoms with E-state index in [1.54, 1.807) is 0 Å². The smallest absolute Gasteiger partial charge is 0.227 e. The van der Waals surface area contributed by atoms with E-state index < -0.39 is 0 Å². The minimum absolute atomic E-state index is 0.0843. The largest absolute Gasteiger partial charge is 0.441 e. The Bertz CT molecular complexity index is 635. The van der Waals surface area contributed by atoms with Crippen molar-refractivity contribution in [1.29, 1.82) is 0 Å². The molecule has 1 saturated heterocycles. The zero-order valence-corrected chi connectivity index (χ0v) is 11.8. The van der Waals surface area contributed by atoms with E-state index >= 15 is 0 Å². The number of oxazole rings is 1. The molecule has 3 rings (SSSR count). The topological polar surface area (TPSA) is 67.2 Å². The first-order valence-electron chi connectivity index (χ1n) is 7.03. The van der Waals surface area contributed by atoms with Crippen LogP contribution in [0.4, 0.5) is 5.69 Å². The van der Waals surface area contributed by atoms with Gasteiger partial charge in [-0.2, -0.15) is 0 Å². The van der Waals surface area contributed by atoms with Gasteiger partial charge in [-0.25, -0.2) is 4.98 Å². The van der Waals surface area contributed by atoms with Gasteiger partial charge in [-0.05, 0) is 44.5 Å². The van der Waals surface area contributed by atoms with E-state index in [-0.39, 0.29) is 11.8 Å². The van der Waals surface area contributed by atoms with Gasteiger partial charge in [0, 0.05) is 24.6 Å². The molecule has 1 aromatic heterocycles. The molecule has 5 nitrogen and oxygen atoms in total. The Kier molecular flexibility index (Phi) is 3.44. The molecule has 106 valence electrons. The molecule has 1 aromatic carbocycles. The summed E-state index contributed by atoms with van der Waals surface area (Å²) in [6.07, 6.45) is 1.78. The molecular weight excluding hydrogens is 254 g/mol. The first-order valence-corrected chi connectivity index (χ1v) is 7.03. The Balaban J connectivity index is 1.73. The zero-order chi connectivity index (χ0) is 14.1. The number of nitrogens with one attached hydrogen (secondary N) is 2. The highest BCUT2D eigenvalue weighted by Gasteiger charge is 2.24. The second-order valence-corrected chi connectivity index (χ2v) is 5.48. The quantitative estimate of drug-likeness (QED) is 0.882. The summed E-state index contributed by atoms with van der Waals surface area (Å²) in [5, 5.41) is 6.34. The molecule has 2 heterocycles. The van der Waals surface area contributed by atoms with Gasteiger partial charge in [0.1, 0.15) is 5.52 Å². The molecular formula is C15H19N3O2. The number of hydrogen-bond donors (Lipinski definition) is 2. The van der Waals surface area contributed by atoms with Crippen LogP contribution in [-0.4, -0.2) is 23.5 Å². The molecule has 0 aliphatic carbocycles. The molecule has 2 atom stereocenters. The molecule has 20 heavy (non-hydrogen) atoms. The lowest BCUT2D eigenvalue weighted by Gasteiger charge is -2.27. The number of aromatic nitrogens is 1. The highest BCUT2D eigenvalue weighted by molar-refractivity contribution is 5.94. The second-order valence-electron chi connectivity index (χ2n) is 5.48. The number of carbonyl (C=O) groups excluding carboxylic acids is 1. The monoisotopic (exact) mass is 273 g/mol. The number of nitrogens with zero attached hydrogens (tertiary/aromatic N) is 1. The molecule has 2 N–H and O–H groups in total. The molecule has 0 unspecified atom stereocenters. The molecule has 2 aromatic rings. The number of anilines is 1. The first-order chi connectivity index (χ1) is 9.61. The number of hydrogen-bond acceptors (Lipinski definition) is 4. The Morgan fingerprint density at radius 2 is 2.35 bits per heavy atom. The van der Waals surface area contributed by atoms with E-state index in [1.807, 2.05) is 25.1 Å². The number of benzene rings is 1. The van der Waals surface area contributed by atoms with Gasteiger partial charge in [-0.3, -0.25) is 4.79 Å². The number of piperidine rings is 1. The van der Waals surface area contributed by atoms with Gasteiger partial charge in [0.15, 0.2) is 11.5 Å². The van der Waals surface area contributed by atoms with Crippen LogP contribution in [0.2, 0.25) is 0 Å². The van der Waals surface area contributed by atoms with Crippen LogP contribution in [0, 0.1) is 12.8 Å². The van der Waals surface area contributed by atoms with Crippen molar-refractivity contribution >= 4 is 22.7 Å². The third-order valence-electron chi connectivity index (χ3n) is 3.76. The van der Waals surface area contributed by atoms with Crippen molar-refractivity contribution in [3.63, 3.8) is 0 Å². The first kappa shape index (κ1) is 13.1. The predicted molar refractivity (Wildman–Crippen MR) is 77.6 cm³/mol. The van der Waals surface area contributed by atoms with Crippen molar-refractivity contribution in [1.82, 2.24) is 10.3 Å². The normalized spacial score (nSPS) is 22.9. The van der Waals surface area contributed by atoms with Crippen LogP contribution in [-0.2, 0) is 4.79 Å². The summed E-state index contributed by atoms with van der Waals surface area (Å²) in [4.78, 5) is 16.5. The van der Waals surface area contributed by atoms with Gasteiger partial charge < -0.3 is 15.1 Å². The van der Waals surface area contributed by atoms with Crippen molar-refractivity contribution in [2.24, 2.45) is 5.92 Å². The number of carbonyl (C=O) groups is 1. The maximum absolute atomic E-state index is 12.3. The molecule has 1 fully saturated rings. The van der Waals surface area contributed by atoms with E-state index in [2.05, 4.69) is 22.5 Å². The summed E-state index contributed by atoms with van der Waals surface area (Å²) < 4.78 is 5.43. The average molecular weight is 273 g/mol. The van der Waals surface area contributed by atoms with Crippen LogP contribution >= 0.6 is 0 Å². The van der Waals surface area contributed by atoms with E-state index in [0.29, 0.717) is 11.9 Å². The van der Waals surface area contributed by atoms with E-state index in [9.17, 15) is 4.79 Å². The molecule has 5 heteroatoms. The lowest BCUT2D eigenvalue weighted by Crippen LogP contribution is -2.40. The highest BCUT2D eigenvalue weighted by Crippen LogP contribution is 2.22. The lowest BCUT2D eigenvalue weighted by atomic mass is 9.92. The fourth-order valence-corrected chi connectivity index (χ4v) is 2.73. The molecule has 0 radical (unpaired) electrons. The fraction of sp³-hybridized carbons (Fsp3) is 0.467. The van der Waals surface area contributed by atoms with Crippen molar-refractivity contribution in [3.05, 3.63) is 24.1 Å². The Labute approximate surface area is 117 Å². The van der Waals surface area contributed by atoms with E-state index in [4.69, 9.17) is 4.42 Å². The highest BCUT2D eigenvalue weighted by atomic mass is 16.3.